The fraction of sp³-hybridized carbons (Fsp3) is 0.733. The van der Waals surface area contributed by atoms with Crippen molar-refractivity contribution in [3.8, 4) is 0 Å². The maximum absolute atomic E-state index is 12.5. The third-order valence-electron chi connectivity index (χ3n) is 4.13. The highest BCUT2D eigenvalue weighted by Crippen LogP contribution is 2.32. The van der Waals surface area contributed by atoms with E-state index in [4.69, 9.17) is 12.2 Å². The van der Waals surface area contributed by atoms with Crippen LogP contribution in [0.25, 0.3) is 0 Å². The van der Waals surface area contributed by atoms with Gasteiger partial charge in [-0.25, -0.2) is 8.42 Å². The van der Waals surface area contributed by atoms with Crippen LogP contribution in [0.2, 0.25) is 0 Å². The third-order valence-corrected chi connectivity index (χ3v) is 7.24. The second-order valence-electron chi connectivity index (χ2n) is 6.39. The SMILES string of the molecule is CCN(/C=C1\SC(=S)N(CCC(C)C)C1=O)[C@@H]1CCS(=O)(=O)C1. The Bertz CT molecular complexity index is 613. The second-order valence-corrected chi connectivity index (χ2v) is 10.3. The van der Waals surface area contributed by atoms with Gasteiger partial charge in [-0.2, -0.15) is 0 Å². The molecule has 1 amide bonds. The summed E-state index contributed by atoms with van der Waals surface area (Å²) in [7, 11) is -2.94. The number of rotatable bonds is 6. The number of hydrogen-bond acceptors (Lipinski definition) is 6. The van der Waals surface area contributed by atoms with Crippen LogP contribution >= 0.6 is 24.0 Å². The Morgan fingerprint density at radius 2 is 2.17 bits per heavy atom. The van der Waals surface area contributed by atoms with E-state index in [0.717, 1.165) is 6.42 Å². The number of hydrogen-bond donors (Lipinski definition) is 0. The van der Waals surface area contributed by atoms with Gasteiger partial charge in [0.05, 0.1) is 16.4 Å². The maximum Gasteiger partial charge on any atom is 0.267 e. The van der Waals surface area contributed by atoms with Crippen molar-refractivity contribution in [3.63, 3.8) is 0 Å². The number of thiocarbonyl (C=S) groups is 1. The van der Waals surface area contributed by atoms with Crippen molar-refractivity contribution in [2.24, 2.45) is 5.92 Å². The monoisotopic (exact) mass is 376 g/mol. The lowest BCUT2D eigenvalue weighted by atomic mass is 10.1. The molecule has 2 heterocycles. The highest BCUT2D eigenvalue weighted by molar-refractivity contribution is 8.26. The molecule has 0 aliphatic carbocycles. The van der Waals surface area contributed by atoms with Crippen LogP contribution in [0.4, 0.5) is 0 Å². The van der Waals surface area contributed by atoms with Crippen LogP contribution in [0.1, 0.15) is 33.6 Å². The summed E-state index contributed by atoms with van der Waals surface area (Å²) in [4.78, 5) is 16.8. The topological polar surface area (TPSA) is 57.7 Å². The van der Waals surface area contributed by atoms with Crippen LogP contribution in [0.15, 0.2) is 11.1 Å². The van der Waals surface area contributed by atoms with Gasteiger partial charge in [-0.05, 0) is 25.7 Å². The first kappa shape index (κ1) is 18.7. The number of amides is 1. The summed E-state index contributed by atoms with van der Waals surface area (Å²) in [5.74, 6) is 0.863. The van der Waals surface area contributed by atoms with Gasteiger partial charge in [0, 0.05) is 25.3 Å². The van der Waals surface area contributed by atoms with E-state index < -0.39 is 9.84 Å². The number of nitrogens with zero attached hydrogens (tertiary/aromatic N) is 2. The van der Waals surface area contributed by atoms with Crippen LogP contribution in [0.3, 0.4) is 0 Å². The average Bonchev–Trinajstić information content (AvgIpc) is 2.94. The van der Waals surface area contributed by atoms with Gasteiger partial charge in [0.1, 0.15) is 4.32 Å². The molecule has 1 atom stereocenters. The molecule has 2 fully saturated rings. The van der Waals surface area contributed by atoms with E-state index in [2.05, 4.69) is 13.8 Å². The molecule has 0 aromatic carbocycles. The molecule has 23 heavy (non-hydrogen) atoms. The van der Waals surface area contributed by atoms with E-state index in [0.29, 0.717) is 34.7 Å². The Hall–Kier alpha value is -0.600. The van der Waals surface area contributed by atoms with Gasteiger partial charge < -0.3 is 4.90 Å². The van der Waals surface area contributed by atoms with E-state index in [1.807, 2.05) is 11.8 Å². The molecule has 0 radical (unpaired) electrons. The van der Waals surface area contributed by atoms with Gasteiger partial charge in [0.25, 0.3) is 5.91 Å². The Morgan fingerprint density at radius 3 is 2.70 bits per heavy atom. The van der Waals surface area contributed by atoms with Crippen molar-refractivity contribution < 1.29 is 13.2 Å². The van der Waals surface area contributed by atoms with Crippen molar-refractivity contribution in [1.82, 2.24) is 9.80 Å². The molecule has 0 aromatic rings. The van der Waals surface area contributed by atoms with E-state index in [1.165, 1.54) is 11.8 Å². The minimum atomic E-state index is -2.94. The van der Waals surface area contributed by atoms with E-state index in [-0.39, 0.29) is 23.5 Å². The van der Waals surface area contributed by atoms with Crippen molar-refractivity contribution >= 4 is 44.0 Å². The highest BCUT2D eigenvalue weighted by atomic mass is 32.2. The van der Waals surface area contributed by atoms with Gasteiger partial charge in [-0.15, -0.1) is 0 Å². The largest absolute Gasteiger partial charge is 0.373 e. The maximum atomic E-state index is 12.5. The van der Waals surface area contributed by atoms with Gasteiger partial charge in [-0.3, -0.25) is 9.69 Å². The minimum absolute atomic E-state index is 0.0378. The smallest absolute Gasteiger partial charge is 0.267 e. The van der Waals surface area contributed by atoms with Gasteiger partial charge in [-0.1, -0.05) is 37.8 Å². The normalized spacial score (nSPS) is 25.8. The molecule has 0 aromatic heterocycles. The molecule has 0 spiro atoms. The Kier molecular flexibility index (Phi) is 6.13. The molecule has 0 N–H and O–H groups in total. The average molecular weight is 377 g/mol. The first-order chi connectivity index (χ1) is 10.7. The lowest BCUT2D eigenvalue weighted by Gasteiger charge is -2.25. The molecule has 0 bridgehead atoms. The highest BCUT2D eigenvalue weighted by Gasteiger charge is 2.35. The van der Waals surface area contributed by atoms with Crippen molar-refractivity contribution in [2.45, 2.75) is 39.7 Å². The van der Waals surface area contributed by atoms with Crippen molar-refractivity contribution in [1.29, 1.82) is 0 Å². The summed E-state index contributed by atoms with van der Waals surface area (Å²) in [6, 6.07) is -0.0378. The fourth-order valence-electron chi connectivity index (χ4n) is 2.71. The summed E-state index contributed by atoms with van der Waals surface area (Å²) in [5, 5.41) is 0. The fourth-order valence-corrected chi connectivity index (χ4v) is 5.76. The number of carbonyl (C=O) groups is 1. The molecule has 2 aliphatic heterocycles. The number of sulfone groups is 1. The second kappa shape index (κ2) is 7.53. The van der Waals surface area contributed by atoms with Gasteiger partial charge in [0.15, 0.2) is 9.84 Å². The molecular formula is C15H24N2O3S3. The Morgan fingerprint density at radius 1 is 1.48 bits per heavy atom. The van der Waals surface area contributed by atoms with Crippen LogP contribution in [0.5, 0.6) is 0 Å². The molecule has 8 heteroatoms. The van der Waals surface area contributed by atoms with Crippen molar-refractivity contribution in [3.05, 3.63) is 11.1 Å². The first-order valence-corrected chi connectivity index (χ1v) is 11.0. The zero-order chi connectivity index (χ0) is 17.2. The Labute approximate surface area is 148 Å². The summed E-state index contributed by atoms with van der Waals surface area (Å²) >= 11 is 6.63. The summed E-state index contributed by atoms with van der Waals surface area (Å²) in [5.41, 5.74) is 0. The van der Waals surface area contributed by atoms with Crippen LogP contribution in [-0.4, -0.2) is 59.1 Å². The lowest BCUT2D eigenvalue weighted by Crippen LogP contribution is -2.33. The third kappa shape index (κ3) is 4.70. The van der Waals surface area contributed by atoms with Crippen LogP contribution in [-0.2, 0) is 14.6 Å². The lowest BCUT2D eigenvalue weighted by molar-refractivity contribution is -0.122. The Balaban J connectivity index is 2.09. The minimum Gasteiger partial charge on any atom is -0.373 e. The van der Waals surface area contributed by atoms with Gasteiger partial charge >= 0.3 is 0 Å². The molecule has 2 aliphatic rings. The molecule has 2 saturated heterocycles. The molecule has 130 valence electrons. The standard InChI is InChI=1S/C15H24N2O3S3/c1-4-16(12-6-8-23(19,20)10-12)9-13-14(18)17(15(21)22-13)7-5-11(2)3/h9,11-12H,4-8,10H2,1-3H3/b13-9-/t12-/m1/s1. The predicted molar refractivity (Wildman–Crippen MR) is 98.9 cm³/mol. The number of carbonyl (C=O) groups excluding carboxylic acids is 1. The van der Waals surface area contributed by atoms with E-state index >= 15 is 0 Å². The quantitative estimate of drug-likeness (QED) is 0.523. The van der Waals surface area contributed by atoms with E-state index in [9.17, 15) is 13.2 Å². The van der Waals surface area contributed by atoms with Gasteiger partial charge in [0.2, 0.25) is 0 Å². The number of thioether (sulfide) groups is 1. The molecular weight excluding hydrogens is 352 g/mol. The zero-order valence-corrected chi connectivity index (χ0v) is 16.3. The molecule has 2 rings (SSSR count). The van der Waals surface area contributed by atoms with Crippen LogP contribution < -0.4 is 0 Å². The van der Waals surface area contributed by atoms with Crippen LogP contribution in [0, 0.1) is 5.92 Å². The summed E-state index contributed by atoms with van der Waals surface area (Å²) < 4.78 is 23.9. The first-order valence-electron chi connectivity index (χ1n) is 7.95. The summed E-state index contributed by atoms with van der Waals surface area (Å²) in [6.07, 6.45) is 3.35. The summed E-state index contributed by atoms with van der Waals surface area (Å²) in [6.45, 7) is 7.53. The zero-order valence-electron chi connectivity index (χ0n) is 13.8. The molecule has 0 saturated carbocycles. The molecule has 5 nitrogen and oxygen atoms in total. The van der Waals surface area contributed by atoms with Crippen molar-refractivity contribution in [2.75, 3.05) is 24.6 Å². The molecule has 0 unspecified atom stereocenters. The predicted octanol–water partition coefficient (Wildman–Crippen LogP) is 2.24. The van der Waals surface area contributed by atoms with E-state index in [1.54, 1.807) is 11.1 Å².